The van der Waals surface area contributed by atoms with Gasteiger partial charge in [-0.2, -0.15) is 0 Å². The minimum atomic E-state index is -0.115. The first-order valence-electron chi connectivity index (χ1n) is 11.9. The molecule has 5 nitrogen and oxygen atoms in total. The molecule has 1 aliphatic carbocycles. The molecule has 2 heterocycles. The zero-order valence-corrected chi connectivity index (χ0v) is 19.9. The number of amides is 1. The van der Waals surface area contributed by atoms with Crippen LogP contribution < -0.4 is 5.32 Å². The van der Waals surface area contributed by atoms with Crippen LogP contribution in [-0.4, -0.2) is 34.7 Å². The van der Waals surface area contributed by atoms with Crippen LogP contribution in [0.1, 0.15) is 39.9 Å². The van der Waals surface area contributed by atoms with Crippen molar-refractivity contribution in [2.75, 3.05) is 18.4 Å². The Morgan fingerprint density at radius 2 is 1.86 bits per heavy atom. The molecule has 4 aromatic rings. The highest BCUT2D eigenvalue weighted by molar-refractivity contribution is 6.36. The summed E-state index contributed by atoms with van der Waals surface area (Å²) in [6.45, 7) is 2.79. The largest absolute Gasteiger partial charge is 0.324 e. The number of nitrogens with one attached hydrogen (secondary N) is 1. The molecule has 0 spiro atoms. The molecule has 35 heavy (non-hydrogen) atoms. The highest BCUT2D eigenvalue weighted by atomic mass is 35.5. The highest BCUT2D eigenvalue weighted by Crippen LogP contribution is 2.44. The molecule has 174 valence electrons. The van der Waals surface area contributed by atoms with E-state index in [2.05, 4.69) is 39.5 Å². The van der Waals surface area contributed by atoms with Crippen molar-refractivity contribution in [3.05, 3.63) is 94.1 Å². The van der Waals surface area contributed by atoms with Crippen molar-refractivity contribution in [3.8, 4) is 11.3 Å². The molecular weight excluding hydrogens is 458 g/mol. The van der Waals surface area contributed by atoms with Crippen molar-refractivity contribution in [1.82, 2.24) is 9.88 Å². The Morgan fingerprint density at radius 3 is 2.74 bits per heavy atom. The lowest BCUT2D eigenvalue weighted by molar-refractivity contribution is -0.116. The van der Waals surface area contributed by atoms with E-state index < -0.39 is 0 Å². The summed E-state index contributed by atoms with van der Waals surface area (Å²) in [4.78, 5) is 33.2. The molecule has 0 bridgehead atoms. The van der Waals surface area contributed by atoms with Gasteiger partial charge in [-0.1, -0.05) is 54.1 Å². The number of carbonyl (C=O) groups excluding carboxylic acids is 2. The number of hydrogen-bond acceptors (Lipinski definition) is 4. The van der Waals surface area contributed by atoms with Gasteiger partial charge in [0.1, 0.15) is 0 Å². The molecule has 0 fully saturated rings. The van der Waals surface area contributed by atoms with E-state index >= 15 is 0 Å². The van der Waals surface area contributed by atoms with Crippen LogP contribution in [0, 0.1) is 0 Å². The van der Waals surface area contributed by atoms with Crippen LogP contribution in [0.5, 0.6) is 0 Å². The van der Waals surface area contributed by atoms with Gasteiger partial charge in [-0.25, -0.2) is 0 Å². The number of hydrogen-bond donors (Lipinski definition) is 1. The van der Waals surface area contributed by atoms with Crippen molar-refractivity contribution in [1.29, 1.82) is 0 Å². The number of rotatable bonds is 5. The number of nitrogens with zero attached hydrogens (tertiary/aromatic N) is 2. The maximum absolute atomic E-state index is 13.3. The summed E-state index contributed by atoms with van der Waals surface area (Å²) >= 11 is 6.56. The van der Waals surface area contributed by atoms with Crippen LogP contribution in [-0.2, 0) is 17.8 Å². The van der Waals surface area contributed by atoms with E-state index in [1.54, 1.807) is 18.3 Å². The van der Waals surface area contributed by atoms with Gasteiger partial charge in [-0.3, -0.25) is 19.5 Å². The van der Waals surface area contributed by atoms with E-state index in [9.17, 15) is 9.59 Å². The number of benzene rings is 3. The maximum Gasteiger partial charge on any atom is 0.224 e. The Labute approximate surface area is 208 Å². The van der Waals surface area contributed by atoms with Crippen molar-refractivity contribution >= 4 is 39.8 Å². The molecule has 0 atom stereocenters. The van der Waals surface area contributed by atoms with E-state index in [1.807, 2.05) is 24.3 Å². The second kappa shape index (κ2) is 8.91. The normalized spacial score (nSPS) is 14.5. The van der Waals surface area contributed by atoms with E-state index in [0.717, 1.165) is 43.2 Å². The van der Waals surface area contributed by atoms with Gasteiger partial charge < -0.3 is 5.32 Å². The van der Waals surface area contributed by atoms with Crippen LogP contribution in [0.3, 0.4) is 0 Å². The van der Waals surface area contributed by atoms with Crippen molar-refractivity contribution in [2.24, 2.45) is 0 Å². The maximum atomic E-state index is 13.3. The second-order valence-electron chi connectivity index (χ2n) is 9.18. The Bertz CT molecular complexity index is 1490. The molecule has 6 rings (SSSR count). The van der Waals surface area contributed by atoms with Gasteiger partial charge in [-0.15, -0.1) is 0 Å². The van der Waals surface area contributed by atoms with Gasteiger partial charge in [0.2, 0.25) is 5.91 Å². The zero-order valence-electron chi connectivity index (χ0n) is 19.2. The summed E-state index contributed by atoms with van der Waals surface area (Å²) in [7, 11) is 0. The van der Waals surface area contributed by atoms with Crippen LogP contribution in [0.4, 0.5) is 5.69 Å². The fraction of sp³-hybridized carbons (Fsp3) is 0.207. The standard InChI is InChI=1S/C29H24ClN3O2/c30-23-11-10-22-26(28-25-19(12-14-31-28)7-3-8-21(25)29(22)35)27(23)32-24(34)9-4-15-33-16-13-18-5-1-2-6-20(18)17-33/h1-3,5-8,10-12,14H,4,9,13,15-17H2,(H,32,34). The molecule has 6 heteroatoms. The van der Waals surface area contributed by atoms with E-state index in [0.29, 0.717) is 39.5 Å². The predicted octanol–water partition coefficient (Wildman–Crippen LogP) is 5.88. The average molecular weight is 482 g/mol. The predicted molar refractivity (Wildman–Crippen MR) is 139 cm³/mol. The van der Waals surface area contributed by atoms with Crippen molar-refractivity contribution < 1.29 is 9.59 Å². The van der Waals surface area contributed by atoms with Gasteiger partial charge in [0, 0.05) is 47.8 Å². The minimum absolute atomic E-state index is 0.0800. The summed E-state index contributed by atoms with van der Waals surface area (Å²) in [5, 5.41) is 5.14. The highest BCUT2D eigenvalue weighted by Gasteiger charge is 2.29. The third kappa shape index (κ3) is 3.91. The molecule has 0 saturated heterocycles. The summed E-state index contributed by atoms with van der Waals surface area (Å²) in [6.07, 6.45) is 3.89. The summed E-state index contributed by atoms with van der Waals surface area (Å²) in [5.41, 5.74) is 5.67. The first-order chi connectivity index (χ1) is 17.1. The monoisotopic (exact) mass is 481 g/mol. The number of halogens is 1. The third-order valence-corrected chi connectivity index (χ3v) is 7.34. The van der Waals surface area contributed by atoms with Crippen molar-refractivity contribution in [3.63, 3.8) is 0 Å². The molecular formula is C29H24ClN3O2. The van der Waals surface area contributed by atoms with Crippen LogP contribution >= 0.6 is 11.6 Å². The average Bonchev–Trinajstić information content (AvgIpc) is 2.88. The van der Waals surface area contributed by atoms with Crippen LogP contribution in [0.2, 0.25) is 5.02 Å². The fourth-order valence-corrected chi connectivity index (χ4v) is 5.50. The minimum Gasteiger partial charge on any atom is -0.324 e. The zero-order chi connectivity index (χ0) is 23.9. The van der Waals surface area contributed by atoms with E-state index in [1.165, 1.54) is 11.1 Å². The molecule has 3 aromatic carbocycles. The lowest BCUT2D eigenvalue weighted by Crippen LogP contribution is -2.31. The third-order valence-electron chi connectivity index (χ3n) is 7.02. The Kier molecular flexibility index (Phi) is 5.59. The topological polar surface area (TPSA) is 62.3 Å². The van der Waals surface area contributed by atoms with Gasteiger partial charge in [0.25, 0.3) is 0 Å². The molecule has 1 N–H and O–H groups in total. The smallest absolute Gasteiger partial charge is 0.224 e. The van der Waals surface area contributed by atoms with Crippen LogP contribution in [0.15, 0.2) is 66.9 Å². The SMILES string of the molecule is O=C(CCCN1CCc2ccccc2C1)Nc1c(Cl)ccc2c1-c1nccc3cccc(c13)C2=O. The molecule has 1 amide bonds. The molecule has 0 radical (unpaired) electrons. The second-order valence-corrected chi connectivity index (χ2v) is 9.59. The molecule has 1 aliphatic heterocycles. The lowest BCUT2D eigenvalue weighted by Gasteiger charge is -2.28. The van der Waals surface area contributed by atoms with Gasteiger partial charge in [-0.05, 0) is 54.1 Å². The van der Waals surface area contributed by atoms with Crippen LogP contribution in [0.25, 0.3) is 22.0 Å². The lowest BCUT2D eigenvalue weighted by atomic mass is 9.85. The molecule has 2 aliphatic rings. The van der Waals surface area contributed by atoms with Gasteiger partial charge in [0.15, 0.2) is 5.78 Å². The number of ketones is 1. The van der Waals surface area contributed by atoms with Gasteiger partial charge >= 0.3 is 0 Å². The van der Waals surface area contributed by atoms with Gasteiger partial charge in [0.05, 0.1) is 16.4 Å². The fourth-order valence-electron chi connectivity index (χ4n) is 5.30. The Balaban J connectivity index is 1.21. The number of anilines is 1. The first-order valence-corrected chi connectivity index (χ1v) is 12.3. The first kappa shape index (κ1) is 22.0. The van der Waals surface area contributed by atoms with Crippen molar-refractivity contribution in [2.45, 2.75) is 25.8 Å². The Morgan fingerprint density at radius 1 is 1.00 bits per heavy atom. The Hall–Kier alpha value is -3.54. The summed E-state index contributed by atoms with van der Waals surface area (Å²) < 4.78 is 0. The van der Waals surface area contributed by atoms with E-state index in [-0.39, 0.29) is 11.7 Å². The number of fused-ring (bicyclic) bond motifs is 3. The quantitative estimate of drug-likeness (QED) is 0.340. The number of pyridine rings is 1. The molecule has 0 unspecified atom stereocenters. The summed E-state index contributed by atoms with van der Waals surface area (Å²) in [6, 6.07) is 19.5. The number of carbonyl (C=O) groups is 2. The molecule has 1 aromatic heterocycles. The summed E-state index contributed by atoms with van der Waals surface area (Å²) in [5.74, 6) is -0.195. The van der Waals surface area contributed by atoms with E-state index in [4.69, 9.17) is 11.6 Å². The number of aromatic nitrogens is 1. The molecule has 0 saturated carbocycles.